The summed E-state index contributed by atoms with van der Waals surface area (Å²) in [6.45, 7) is 0.362. The van der Waals surface area contributed by atoms with Gasteiger partial charge in [0.1, 0.15) is 0 Å². The topological polar surface area (TPSA) is 104 Å². The van der Waals surface area contributed by atoms with E-state index in [9.17, 15) is 13.2 Å². The summed E-state index contributed by atoms with van der Waals surface area (Å²) in [6.07, 6.45) is 0.939. The van der Waals surface area contributed by atoms with Crippen LogP contribution >= 0.6 is 0 Å². The molecule has 0 amide bonds. The van der Waals surface area contributed by atoms with E-state index in [4.69, 9.17) is 5.11 Å². The molecule has 168 valence electrons. The Hall–Kier alpha value is -3.99. The average molecular weight is 453 g/mol. The van der Waals surface area contributed by atoms with Gasteiger partial charge in [0.25, 0.3) is 0 Å². The summed E-state index contributed by atoms with van der Waals surface area (Å²) in [7, 11) is 0. The summed E-state index contributed by atoms with van der Waals surface area (Å²) in [6, 6.07) is 8.95. The second kappa shape index (κ2) is 8.17. The molecule has 0 aliphatic rings. The standard InChI is InChI=1S/C22H18F3N7O/c23-22(24,25)14-4-5-18-16(9-14)29-20(27-7-2-8-33)21-28-12-19(32(18)21)17-10-15(30-31-17)13-3-1-6-26-11-13/h1,3-6,9-12,33H,2,7-8H2,(H,27,29)(H,30,31). The summed E-state index contributed by atoms with van der Waals surface area (Å²) in [5.41, 5.74) is 3.04. The van der Waals surface area contributed by atoms with Crippen LogP contribution in [0.5, 0.6) is 0 Å². The zero-order valence-electron chi connectivity index (χ0n) is 17.1. The van der Waals surface area contributed by atoms with Crippen LogP contribution in [0.3, 0.4) is 0 Å². The van der Waals surface area contributed by atoms with E-state index in [1.165, 1.54) is 6.07 Å². The molecule has 33 heavy (non-hydrogen) atoms. The SMILES string of the molecule is OCCCNc1nc2cc(C(F)(F)F)ccc2n2c(-c3cc(-c4cccnc4)n[nH]3)cnc12. The Morgan fingerprint density at radius 1 is 1.12 bits per heavy atom. The maximum atomic E-state index is 13.3. The Balaban J connectivity index is 1.69. The van der Waals surface area contributed by atoms with E-state index in [0.29, 0.717) is 47.0 Å². The van der Waals surface area contributed by atoms with Crippen LogP contribution in [0.4, 0.5) is 19.0 Å². The molecule has 0 atom stereocenters. The minimum absolute atomic E-state index is 0.0277. The smallest absolute Gasteiger partial charge is 0.396 e. The van der Waals surface area contributed by atoms with Gasteiger partial charge < -0.3 is 10.4 Å². The van der Waals surface area contributed by atoms with Gasteiger partial charge in [0.15, 0.2) is 11.5 Å². The number of benzene rings is 1. The predicted molar refractivity (Wildman–Crippen MR) is 117 cm³/mol. The molecule has 5 aromatic rings. The number of hydrogen-bond donors (Lipinski definition) is 3. The molecule has 0 spiro atoms. The van der Waals surface area contributed by atoms with Gasteiger partial charge in [-0.1, -0.05) is 0 Å². The number of nitrogens with zero attached hydrogens (tertiary/aromatic N) is 5. The Morgan fingerprint density at radius 2 is 2.00 bits per heavy atom. The molecule has 8 nitrogen and oxygen atoms in total. The van der Waals surface area contributed by atoms with Gasteiger partial charge in [-0.2, -0.15) is 18.3 Å². The van der Waals surface area contributed by atoms with E-state index in [1.807, 2.05) is 12.1 Å². The van der Waals surface area contributed by atoms with Crippen molar-refractivity contribution in [2.24, 2.45) is 0 Å². The van der Waals surface area contributed by atoms with E-state index in [-0.39, 0.29) is 12.1 Å². The van der Waals surface area contributed by atoms with Crippen molar-refractivity contribution >= 4 is 22.5 Å². The lowest BCUT2D eigenvalue weighted by atomic mass is 10.1. The van der Waals surface area contributed by atoms with Crippen LogP contribution in [0.1, 0.15) is 12.0 Å². The molecule has 0 aliphatic heterocycles. The van der Waals surface area contributed by atoms with Gasteiger partial charge in [0.2, 0.25) is 0 Å². The number of fused-ring (bicyclic) bond motifs is 3. The summed E-state index contributed by atoms with van der Waals surface area (Å²) >= 11 is 0. The lowest BCUT2D eigenvalue weighted by Crippen LogP contribution is -2.09. The number of halogens is 3. The van der Waals surface area contributed by atoms with Crippen LogP contribution in [0.2, 0.25) is 0 Å². The first-order chi connectivity index (χ1) is 16.0. The zero-order valence-corrected chi connectivity index (χ0v) is 17.1. The first-order valence-electron chi connectivity index (χ1n) is 10.1. The minimum atomic E-state index is -4.49. The molecular weight excluding hydrogens is 435 g/mol. The van der Waals surface area contributed by atoms with Crippen molar-refractivity contribution in [1.29, 1.82) is 0 Å². The number of anilines is 1. The highest BCUT2D eigenvalue weighted by atomic mass is 19.4. The maximum absolute atomic E-state index is 13.3. The fraction of sp³-hybridized carbons (Fsp3) is 0.182. The molecule has 3 N–H and O–H groups in total. The monoisotopic (exact) mass is 453 g/mol. The first-order valence-corrected chi connectivity index (χ1v) is 10.1. The molecule has 0 fully saturated rings. The second-order valence-corrected chi connectivity index (χ2v) is 7.38. The van der Waals surface area contributed by atoms with E-state index in [2.05, 4.69) is 30.5 Å². The Bertz CT molecular complexity index is 1430. The number of pyridine rings is 1. The van der Waals surface area contributed by atoms with Crippen molar-refractivity contribution in [3.63, 3.8) is 0 Å². The van der Waals surface area contributed by atoms with Gasteiger partial charge in [-0.15, -0.1) is 0 Å². The third kappa shape index (κ3) is 3.87. The number of nitrogens with one attached hydrogen (secondary N) is 2. The first kappa shape index (κ1) is 20.9. The van der Waals surface area contributed by atoms with Gasteiger partial charge >= 0.3 is 6.18 Å². The number of imidazole rings is 1. The number of hydrogen-bond acceptors (Lipinski definition) is 6. The van der Waals surface area contributed by atoms with Crippen molar-refractivity contribution in [3.8, 4) is 22.6 Å². The largest absolute Gasteiger partial charge is 0.416 e. The Kier molecular flexibility index (Phi) is 5.17. The lowest BCUT2D eigenvalue weighted by molar-refractivity contribution is -0.137. The quantitative estimate of drug-likeness (QED) is 0.334. The summed E-state index contributed by atoms with van der Waals surface area (Å²) in [5.74, 6) is 0.327. The molecule has 0 bridgehead atoms. The zero-order chi connectivity index (χ0) is 23.0. The molecule has 0 saturated carbocycles. The number of rotatable bonds is 6. The van der Waals surface area contributed by atoms with Gasteiger partial charge in [0, 0.05) is 31.1 Å². The molecule has 5 rings (SSSR count). The average Bonchev–Trinajstić information content (AvgIpc) is 3.46. The molecule has 1 aromatic carbocycles. The van der Waals surface area contributed by atoms with Crippen LogP contribution in [-0.2, 0) is 6.18 Å². The van der Waals surface area contributed by atoms with E-state index in [1.54, 1.807) is 29.1 Å². The normalized spacial score (nSPS) is 12.0. The fourth-order valence-electron chi connectivity index (χ4n) is 3.62. The van der Waals surface area contributed by atoms with Crippen molar-refractivity contribution in [1.82, 2.24) is 29.5 Å². The van der Waals surface area contributed by atoms with Crippen LogP contribution in [-0.4, -0.2) is 47.8 Å². The third-order valence-corrected chi connectivity index (χ3v) is 5.19. The predicted octanol–water partition coefficient (Wildman–Crippen LogP) is 4.15. The molecular formula is C22H18F3N7O. The molecule has 4 heterocycles. The molecule has 0 radical (unpaired) electrons. The van der Waals surface area contributed by atoms with Crippen molar-refractivity contribution in [2.75, 3.05) is 18.5 Å². The van der Waals surface area contributed by atoms with Crippen LogP contribution < -0.4 is 5.32 Å². The summed E-state index contributed by atoms with van der Waals surface area (Å²) in [4.78, 5) is 13.0. The van der Waals surface area contributed by atoms with E-state index >= 15 is 0 Å². The Labute approximate surface area is 185 Å². The van der Waals surface area contributed by atoms with Crippen molar-refractivity contribution in [3.05, 3.63) is 60.6 Å². The van der Waals surface area contributed by atoms with Crippen LogP contribution in [0, 0.1) is 0 Å². The summed E-state index contributed by atoms with van der Waals surface area (Å²) in [5, 5.41) is 19.5. The van der Waals surface area contributed by atoms with Crippen molar-refractivity contribution < 1.29 is 18.3 Å². The van der Waals surface area contributed by atoms with Gasteiger partial charge in [0.05, 0.1) is 39.9 Å². The van der Waals surface area contributed by atoms with E-state index < -0.39 is 11.7 Å². The highest BCUT2D eigenvalue weighted by Gasteiger charge is 2.31. The van der Waals surface area contributed by atoms with Crippen LogP contribution in [0.25, 0.3) is 39.3 Å². The maximum Gasteiger partial charge on any atom is 0.416 e. The molecule has 11 heteroatoms. The number of H-pyrrole nitrogens is 1. The molecule has 0 unspecified atom stereocenters. The minimum Gasteiger partial charge on any atom is -0.396 e. The van der Waals surface area contributed by atoms with Gasteiger partial charge in [-0.3, -0.25) is 14.5 Å². The summed E-state index contributed by atoms with van der Waals surface area (Å²) < 4.78 is 41.7. The second-order valence-electron chi connectivity index (χ2n) is 7.38. The lowest BCUT2D eigenvalue weighted by Gasteiger charge is -2.13. The van der Waals surface area contributed by atoms with Crippen molar-refractivity contribution in [2.45, 2.75) is 12.6 Å². The highest BCUT2D eigenvalue weighted by molar-refractivity contribution is 5.86. The number of aliphatic hydroxyl groups is 1. The molecule has 0 aliphatic carbocycles. The number of aliphatic hydroxyl groups excluding tert-OH is 1. The van der Waals surface area contributed by atoms with E-state index in [0.717, 1.165) is 17.7 Å². The highest BCUT2D eigenvalue weighted by Crippen LogP contribution is 2.34. The molecule has 0 saturated heterocycles. The van der Waals surface area contributed by atoms with Crippen LogP contribution in [0.15, 0.2) is 55.0 Å². The van der Waals surface area contributed by atoms with Gasteiger partial charge in [-0.05, 0) is 42.8 Å². The third-order valence-electron chi connectivity index (χ3n) is 5.19. The molecule has 4 aromatic heterocycles. The number of aromatic amines is 1. The fourth-order valence-corrected chi connectivity index (χ4v) is 3.62. The Morgan fingerprint density at radius 3 is 2.76 bits per heavy atom. The number of alkyl halides is 3. The van der Waals surface area contributed by atoms with Gasteiger partial charge in [-0.25, -0.2) is 9.97 Å². The number of aromatic nitrogens is 6.